The zero-order valence-corrected chi connectivity index (χ0v) is 17.4. The molecule has 0 unspecified atom stereocenters. The molecule has 7 nitrogen and oxygen atoms in total. The molecule has 156 valence electrons. The van der Waals surface area contributed by atoms with Gasteiger partial charge in [-0.15, -0.1) is 11.3 Å². The predicted octanol–water partition coefficient (Wildman–Crippen LogP) is 4.05. The summed E-state index contributed by atoms with van der Waals surface area (Å²) in [7, 11) is 1.79. The van der Waals surface area contributed by atoms with Gasteiger partial charge >= 0.3 is 0 Å². The van der Waals surface area contributed by atoms with E-state index in [1.54, 1.807) is 30.1 Å². The summed E-state index contributed by atoms with van der Waals surface area (Å²) in [5.41, 5.74) is 4.29. The van der Waals surface area contributed by atoms with Crippen LogP contribution in [0.2, 0.25) is 0 Å². The lowest BCUT2D eigenvalue weighted by atomic mass is 10.1. The predicted molar refractivity (Wildman–Crippen MR) is 115 cm³/mol. The number of thiazole rings is 1. The molecule has 31 heavy (non-hydrogen) atoms. The SMILES string of the molecule is CN1C(=O)Cc2cc(-c3csc(NCc4nc(Cc5ccccc5F)no4)n3)ccc21. The molecule has 0 radical (unpaired) electrons. The Hall–Kier alpha value is -3.59. The van der Waals surface area contributed by atoms with Crippen LogP contribution in [0, 0.1) is 5.82 Å². The summed E-state index contributed by atoms with van der Waals surface area (Å²) < 4.78 is 19.0. The molecule has 5 rings (SSSR count). The van der Waals surface area contributed by atoms with Crippen molar-refractivity contribution in [3.63, 3.8) is 0 Å². The van der Waals surface area contributed by atoms with Crippen molar-refractivity contribution in [1.82, 2.24) is 15.1 Å². The van der Waals surface area contributed by atoms with E-state index in [1.165, 1.54) is 17.4 Å². The molecule has 2 aromatic heterocycles. The van der Waals surface area contributed by atoms with Crippen LogP contribution in [0.1, 0.15) is 22.8 Å². The number of likely N-dealkylation sites (N-methyl/N-ethyl adjacent to an activating group) is 1. The molecule has 1 aliphatic rings. The molecule has 2 aromatic carbocycles. The Morgan fingerprint density at radius 3 is 2.97 bits per heavy atom. The van der Waals surface area contributed by atoms with Crippen LogP contribution in [0.15, 0.2) is 52.4 Å². The van der Waals surface area contributed by atoms with Gasteiger partial charge in [-0.1, -0.05) is 29.4 Å². The Kier molecular flexibility index (Phi) is 4.95. The van der Waals surface area contributed by atoms with Gasteiger partial charge in [-0.3, -0.25) is 4.79 Å². The van der Waals surface area contributed by atoms with Crippen molar-refractivity contribution < 1.29 is 13.7 Å². The van der Waals surface area contributed by atoms with Crippen LogP contribution in [-0.4, -0.2) is 28.1 Å². The summed E-state index contributed by atoms with van der Waals surface area (Å²) >= 11 is 1.47. The molecule has 4 aromatic rings. The molecule has 1 aliphatic heterocycles. The van der Waals surface area contributed by atoms with Gasteiger partial charge in [0.2, 0.25) is 11.8 Å². The molecule has 1 N–H and O–H groups in total. The Morgan fingerprint density at radius 1 is 1.23 bits per heavy atom. The minimum Gasteiger partial charge on any atom is -0.352 e. The molecule has 9 heteroatoms. The monoisotopic (exact) mass is 435 g/mol. The molecule has 0 saturated heterocycles. The minimum absolute atomic E-state index is 0.0988. The van der Waals surface area contributed by atoms with Gasteiger partial charge in [0.1, 0.15) is 5.82 Å². The molecular weight excluding hydrogens is 417 g/mol. The van der Waals surface area contributed by atoms with Crippen LogP contribution >= 0.6 is 11.3 Å². The smallest absolute Gasteiger partial charge is 0.246 e. The van der Waals surface area contributed by atoms with Gasteiger partial charge < -0.3 is 14.7 Å². The largest absolute Gasteiger partial charge is 0.352 e. The number of benzene rings is 2. The summed E-state index contributed by atoms with van der Waals surface area (Å²) in [6.45, 7) is 0.320. The average molecular weight is 435 g/mol. The first-order valence-corrected chi connectivity index (χ1v) is 10.6. The van der Waals surface area contributed by atoms with Gasteiger partial charge in [-0.2, -0.15) is 4.98 Å². The van der Waals surface area contributed by atoms with Gasteiger partial charge in [0, 0.05) is 30.1 Å². The number of nitrogens with one attached hydrogen (secondary N) is 1. The molecule has 0 aliphatic carbocycles. The van der Waals surface area contributed by atoms with Crippen LogP contribution in [0.25, 0.3) is 11.3 Å². The average Bonchev–Trinajstić information content (AvgIpc) is 3.48. The fourth-order valence-electron chi connectivity index (χ4n) is 3.51. The van der Waals surface area contributed by atoms with E-state index in [1.807, 2.05) is 23.6 Å². The van der Waals surface area contributed by atoms with Gasteiger partial charge in [-0.25, -0.2) is 9.37 Å². The molecule has 0 bridgehead atoms. The van der Waals surface area contributed by atoms with E-state index >= 15 is 0 Å². The minimum atomic E-state index is -0.287. The molecule has 0 fully saturated rings. The van der Waals surface area contributed by atoms with Gasteiger partial charge in [0.15, 0.2) is 11.0 Å². The number of carbonyl (C=O) groups is 1. The maximum Gasteiger partial charge on any atom is 0.246 e. The maximum atomic E-state index is 13.8. The maximum absolute atomic E-state index is 13.8. The number of amides is 1. The first kappa shape index (κ1) is 19.4. The molecular formula is C22H18FN5O2S. The fourth-order valence-corrected chi connectivity index (χ4v) is 4.23. The third kappa shape index (κ3) is 3.91. The normalized spacial score (nSPS) is 13.0. The van der Waals surface area contributed by atoms with Gasteiger partial charge in [0.05, 0.1) is 18.7 Å². The Balaban J connectivity index is 1.23. The number of nitrogens with zero attached hydrogens (tertiary/aromatic N) is 4. The number of rotatable bonds is 6. The first-order valence-electron chi connectivity index (χ1n) is 9.71. The highest BCUT2D eigenvalue weighted by molar-refractivity contribution is 7.14. The summed E-state index contributed by atoms with van der Waals surface area (Å²) in [6, 6.07) is 12.5. The molecule has 0 spiro atoms. The van der Waals surface area contributed by atoms with E-state index in [-0.39, 0.29) is 18.1 Å². The van der Waals surface area contributed by atoms with E-state index in [4.69, 9.17) is 4.52 Å². The lowest BCUT2D eigenvalue weighted by Gasteiger charge is -2.09. The zero-order chi connectivity index (χ0) is 21.4. The van der Waals surface area contributed by atoms with Crippen LogP contribution in [-0.2, 0) is 24.2 Å². The van der Waals surface area contributed by atoms with E-state index in [0.717, 1.165) is 27.6 Å². The number of fused-ring (bicyclic) bond motifs is 1. The second-order valence-corrected chi connectivity index (χ2v) is 8.10. The third-order valence-corrected chi connectivity index (χ3v) is 5.96. The quantitative estimate of drug-likeness (QED) is 0.492. The highest BCUT2D eigenvalue weighted by Gasteiger charge is 2.24. The Morgan fingerprint density at radius 2 is 2.10 bits per heavy atom. The number of anilines is 2. The van der Waals surface area contributed by atoms with E-state index in [2.05, 4.69) is 20.4 Å². The van der Waals surface area contributed by atoms with Gasteiger partial charge in [0.25, 0.3) is 0 Å². The van der Waals surface area contributed by atoms with E-state index < -0.39 is 0 Å². The third-order valence-electron chi connectivity index (χ3n) is 5.16. The van der Waals surface area contributed by atoms with Crippen molar-refractivity contribution in [3.8, 4) is 11.3 Å². The summed E-state index contributed by atoms with van der Waals surface area (Å²) in [5.74, 6) is 0.646. The number of aromatic nitrogens is 3. The number of carbonyl (C=O) groups excluding carboxylic acids is 1. The Bertz CT molecular complexity index is 1270. The fraction of sp³-hybridized carbons (Fsp3) is 0.182. The molecule has 0 saturated carbocycles. The highest BCUT2D eigenvalue weighted by Crippen LogP contribution is 2.33. The van der Waals surface area contributed by atoms with E-state index in [9.17, 15) is 9.18 Å². The summed E-state index contributed by atoms with van der Waals surface area (Å²) in [6.07, 6.45) is 0.689. The molecule has 3 heterocycles. The lowest BCUT2D eigenvalue weighted by Crippen LogP contribution is -2.20. The van der Waals surface area contributed by atoms with Crippen molar-refractivity contribution in [1.29, 1.82) is 0 Å². The van der Waals surface area contributed by atoms with Crippen LogP contribution < -0.4 is 10.2 Å². The van der Waals surface area contributed by atoms with E-state index in [0.29, 0.717) is 30.2 Å². The second kappa shape index (κ2) is 7.92. The van der Waals surface area contributed by atoms with Crippen molar-refractivity contribution in [2.45, 2.75) is 19.4 Å². The van der Waals surface area contributed by atoms with Crippen LogP contribution in [0.3, 0.4) is 0 Å². The van der Waals surface area contributed by atoms with Crippen molar-refractivity contribution in [2.75, 3.05) is 17.3 Å². The molecule has 1 amide bonds. The highest BCUT2D eigenvalue weighted by atomic mass is 32.1. The summed E-state index contributed by atoms with van der Waals surface area (Å²) in [4.78, 5) is 22.5. The first-order chi connectivity index (χ1) is 15.1. The van der Waals surface area contributed by atoms with Crippen LogP contribution in [0.4, 0.5) is 15.2 Å². The lowest BCUT2D eigenvalue weighted by molar-refractivity contribution is -0.117. The number of hydrogen-bond acceptors (Lipinski definition) is 7. The Labute approximate surface area is 181 Å². The number of halogens is 1. The number of hydrogen-bond donors (Lipinski definition) is 1. The van der Waals surface area contributed by atoms with Crippen molar-refractivity contribution >= 4 is 28.1 Å². The van der Waals surface area contributed by atoms with Gasteiger partial charge in [-0.05, 0) is 29.3 Å². The zero-order valence-electron chi connectivity index (χ0n) is 16.6. The standard InChI is InChI=1S/C22H18FN5O2S/c1-28-18-7-6-14(8-15(18)10-21(28)29)17-12-31-22(25-17)24-11-20-26-19(27-30-20)9-13-4-2-3-5-16(13)23/h2-8,12H,9-11H2,1H3,(H,24,25). The summed E-state index contributed by atoms with van der Waals surface area (Å²) in [5, 5.41) is 9.78. The second-order valence-electron chi connectivity index (χ2n) is 7.24. The topological polar surface area (TPSA) is 84.2 Å². The van der Waals surface area contributed by atoms with Crippen molar-refractivity contribution in [3.05, 3.63) is 76.5 Å². The van der Waals surface area contributed by atoms with Crippen LogP contribution in [0.5, 0.6) is 0 Å². The van der Waals surface area contributed by atoms with Crippen molar-refractivity contribution in [2.24, 2.45) is 0 Å². The molecule has 0 atom stereocenters.